The second-order valence-corrected chi connectivity index (χ2v) is 7.78. The zero-order valence-electron chi connectivity index (χ0n) is 15.4. The molecular weight excluding hydrogens is 286 g/mol. The molecule has 0 saturated heterocycles. The molecule has 0 aliphatic carbocycles. The van der Waals surface area contributed by atoms with Crippen LogP contribution >= 0.6 is 0 Å². The van der Waals surface area contributed by atoms with Crippen LogP contribution in [0.4, 0.5) is 5.69 Å². The van der Waals surface area contributed by atoms with Crippen molar-refractivity contribution in [2.75, 3.05) is 4.90 Å². The van der Waals surface area contributed by atoms with Crippen LogP contribution in [-0.2, 0) is 4.79 Å². The molecule has 1 aliphatic rings. The molecule has 1 aromatic rings. The third-order valence-electron chi connectivity index (χ3n) is 5.32. The number of aliphatic carboxylic acids is 1. The van der Waals surface area contributed by atoms with Gasteiger partial charge in [0.25, 0.3) is 0 Å². The van der Waals surface area contributed by atoms with Crippen molar-refractivity contribution in [3.63, 3.8) is 0 Å². The van der Waals surface area contributed by atoms with E-state index in [0.29, 0.717) is 12.3 Å². The number of unbranched alkanes of at least 4 members (excludes halogenated alkanes) is 1. The van der Waals surface area contributed by atoms with Gasteiger partial charge in [-0.25, -0.2) is 4.79 Å². The van der Waals surface area contributed by atoms with Gasteiger partial charge in [0, 0.05) is 11.2 Å². The van der Waals surface area contributed by atoms with Gasteiger partial charge in [0.1, 0.15) is 6.04 Å². The van der Waals surface area contributed by atoms with Gasteiger partial charge in [-0.2, -0.15) is 0 Å². The molecule has 3 nitrogen and oxygen atoms in total. The number of carboxylic acids is 1. The van der Waals surface area contributed by atoms with Gasteiger partial charge in [0.05, 0.1) is 0 Å². The highest BCUT2D eigenvalue weighted by molar-refractivity contribution is 5.80. The molecule has 1 aromatic carbocycles. The van der Waals surface area contributed by atoms with Crippen LogP contribution in [0.2, 0.25) is 0 Å². The van der Waals surface area contributed by atoms with Crippen LogP contribution in [0, 0.1) is 13.8 Å². The summed E-state index contributed by atoms with van der Waals surface area (Å²) in [6.45, 7) is 13.0. The van der Waals surface area contributed by atoms with Gasteiger partial charge in [-0.15, -0.1) is 0 Å². The van der Waals surface area contributed by atoms with Gasteiger partial charge >= 0.3 is 5.97 Å². The summed E-state index contributed by atoms with van der Waals surface area (Å²) in [5.74, 6) is -0.249. The number of anilines is 1. The van der Waals surface area contributed by atoms with Crippen LogP contribution in [0.3, 0.4) is 0 Å². The Bertz CT molecular complexity index is 592. The average Bonchev–Trinajstić information content (AvgIpc) is 2.43. The fourth-order valence-corrected chi connectivity index (χ4v) is 4.06. The minimum atomic E-state index is -0.703. The first kappa shape index (κ1) is 17.8. The van der Waals surface area contributed by atoms with E-state index in [0.717, 1.165) is 24.9 Å². The Balaban J connectivity index is 2.58. The molecule has 2 atom stereocenters. The third kappa shape index (κ3) is 3.39. The van der Waals surface area contributed by atoms with Crippen molar-refractivity contribution in [3.8, 4) is 0 Å². The molecular formula is C20H31NO2. The van der Waals surface area contributed by atoms with E-state index in [2.05, 4.69) is 58.6 Å². The Kier molecular flexibility index (Phi) is 5.07. The number of carbonyl (C=O) groups is 1. The number of nitrogens with zero attached hydrogens (tertiary/aromatic N) is 1. The summed E-state index contributed by atoms with van der Waals surface area (Å²) in [5.41, 5.74) is 4.80. The molecule has 1 aliphatic heterocycles. The predicted octanol–water partition coefficient (Wildman–Crippen LogP) is 5.04. The summed E-state index contributed by atoms with van der Waals surface area (Å²) in [4.78, 5) is 14.2. The lowest BCUT2D eigenvalue weighted by molar-refractivity contribution is -0.139. The number of fused-ring (bicyclic) bond motifs is 1. The predicted molar refractivity (Wildman–Crippen MR) is 96.5 cm³/mol. The Hall–Kier alpha value is -1.51. The van der Waals surface area contributed by atoms with Crippen LogP contribution in [0.25, 0.3) is 0 Å². The quantitative estimate of drug-likeness (QED) is 0.827. The van der Waals surface area contributed by atoms with Gasteiger partial charge in [0.2, 0.25) is 0 Å². The van der Waals surface area contributed by atoms with Crippen molar-refractivity contribution in [3.05, 3.63) is 28.8 Å². The molecule has 0 saturated carbocycles. The highest BCUT2D eigenvalue weighted by Crippen LogP contribution is 2.45. The summed E-state index contributed by atoms with van der Waals surface area (Å²) in [5, 5.41) is 9.86. The second-order valence-electron chi connectivity index (χ2n) is 7.78. The van der Waals surface area contributed by atoms with Gasteiger partial charge in [-0.3, -0.25) is 0 Å². The Labute approximate surface area is 140 Å². The van der Waals surface area contributed by atoms with E-state index in [9.17, 15) is 9.90 Å². The topological polar surface area (TPSA) is 40.5 Å². The molecule has 2 unspecified atom stereocenters. The van der Waals surface area contributed by atoms with Crippen LogP contribution < -0.4 is 4.90 Å². The Morgan fingerprint density at radius 1 is 1.35 bits per heavy atom. The van der Waals surface area contributed by atoms with Crippen molar-refractivity contribution in [2.24, 2.45) is 0 Å². The minimum absolute atomic E-state index is 0.148. The molecule has 1 heterocycles. The van der Waals surface area contributed by atoms with Crippen LogP contribution in [0.15, 0.2) is 12.1 Å². The van der Waals surface area contributed by atoms with Crippen molar-refractivity contribution < 1.29 is 9.90 Å². The number of carboxylic acid groups (broad SMARTS) is 1. The molecule has 0 aromatic heterocycles. The van der Waals surface area contributed by atoms with Crippen molar-refractivity contribution in [2.45, 2.75) is 84.7 Å². The summed E-state index contributed by atoms with van der Waals surface area (Å²) < 4.78 is 0. The smallest absolute Gasteiger partial charge is 0.326 e. The van der Waals surface area contributed by atoms with E-state index >= 15 is 0 Å². The zero-order chi connectivity index (χ0) is 17.4. The van der Waals surface area contributed by atoms with E-state index in [1.165, 1.54) is 16.7 Å². The maximum Gasteiger partial charge on any atom is 0.326 e. The average molecular weight is 317 g/mol. The molecule has 2 rings (SSSR count). The van der Waals surface area contributed by atoms with Crippen LogP contribution in [0.5, 0.6) is 0 Å². The van der Waals surface area contributed by atoms with E-state index in [1.54, 1.807) is 0 Å². The van der Waals surface area contributed by atoms with Crippen LogP contribution in [0.1, 0.15) is 76.0 Å². The third-order valence-corrected chi connectivity index (χ3v) is 5.32. The largest absolute Gasteiger partial charge is 0.480 e. The minimum Gasteiger partial charge on any atom is -0.480 e. The molecule has 3 heteroatoms. The van der Waals surface area contributed by atoms with Gasteiger partial charge in [0.15, 0.2) is 0 Å². The lowest BCUT2D eigenvalue weighted by Crippen LogP contribution is -2.56. The number of hydrogen-bond acceptors (Lipinski definition) is 2. The van der Waals surface area contributed by atoms with Crippen LogP contribution in [-0.4, -0.2) is 22.7 Å². The Morgan fingerprint density at radius 2 is 1.96 bits per heavy atom. The summed E-state index contributed by atoms with van der Waals surface area (Å²) in [6, 6.07) is 4.01. The lowest BCUT2D eigenvalue weighted by atomic mass is 9.77. The maximum absolute atomic E-state index is 12.0. The first-order chi connectivity index (χ1) is 10.7. The second kappa shape index (κ2) is 6.54. The van der Waals surface area contributed by atoms with E-state index in [-0.39, 0.29) is 5.54 Å². The van der Waals surface area contributed by atoms with Crippen molar-refractivity contribution >= 4 is 11.7 Å². The molecule has 23 heavy (non-hydrogen) atoms. The fraction of sp³-hybridized carbons (Fsp3) is 0.650. The summed E-state index contributed by atoms with van der Waals surface area (Å²) in [7, 11) is 0. The highest BCUT2D eigenvalue weighted by Gasteiger charge is 2.42. The maximum atomic E-state index is 12.0. The molecule has 0 bridgehead atoms. The van der Waals surface area contributed by atoms with E-state index in [4.69, 9.17) is 0 Å². The van der Waals surface area contributed by atoms with E-state index < -0.39 is 12.0 Å². The zero-order valence-corrected chi connectivity index (χ0v) is 15.4. The van der Waals surface area contributed by atoms with Crippen molar-refractivity contribution in [1.82, 2.24) is 0 Å². The monoisotopic (exact) mass is 317 g/mol. The van der Waals surface area contributed by atoms with Gasteiger partial charge in [-0.1, -0.05) is 32.8 Å². The normalized spacial score (nSPS) is 21.0. The number of rotatable bonds is 5. The van der Waals surface area contributed by atoms with Gasteiger partial charge in [-0.05, 0) is 69.2 Å². The summed E-state index contributed by atoms with van der Waals surface area (Å²) >= 11 is 0. The van der Waals surface area contributed by atoms with Gasteiger partial charge < -0.3 is 10.0 Å². The first-order valence-electron chi connectivity index (χ1n) is 8.82. The van der Waals surface area contributed by atoms with E-state index in [1.807, 2.05) is 0 Å². The SMILES string of the molecule is CCCCC(C(=O)O)N1c2cc(C)c(C)cc2C(C)CC1(C)C. The molecule has 0 spiro atoms. The van der Waals surface area contributed by atoms with Crippen molar-refractivity contribution in [1.29, 1.82) is 0 Å². The lowest BCUT2D eigenvalue weighted by Gasteiger charge is -2.50. The molecule has 0 amide bonds. The molecule has 1 N–H and O–H groups in total. The summed E-state index contributed by atoms with van der Waals surface area (Å²) in [6.07, 6.45) is 3.65. The Morgan fingerprint density at radius 3 is 2.52 bits per heavy atom. The molecule has 0 radical (unpaired) electrons. The molecule has 128 valence electrons. The standard InChI is InChI=1S/C20H31NO2/c1-7-8-9-17(19(22)23)21-18-11-14(3)13(2)10-16(18)15(4)12-20(21,5)6/h10-11,15,17H,7-9,12H2,1-6H3,(H,22,23). The fourth-order valence-electron chi connectivity index (χ4n) is 4.06. The highest BCUT2D eigenvalue weighted by atomic mass is 16.4. The number of hydrogen-bond donors (Lipinski definition) is 1. The number of benzene rings is 1. The molecule has 0 fully saturated rings. The number of aryl methyl sites for hydroxylation is 2. The first-order valence-corrected chi connectivity index (χ1v) is 8.82.